The fourth-order valence-corrected chi connectivity index (χ4v) is 2.27. The third kappa shape index (κ3) is 2.33. The summed E-state index contributed by atoms with van der Waals surface area (Å²) >= 11 is 0. The summed E-state index contributed by atoms with van der Waals surface area (Å²) in [4.78, 5) is 11.1. The van der Waals surface area contributed by atoms with E-state index in [0.29, 0.717) is 13.0 Å². The molecule has 17 heavy (non-hydrogen) atoms. The van der Waals surface area contributed by atoms with Crippen LogP contribution in [0.4, 0.5) is 0 Å². The molecule has 1 aliphatic rings. The molecule has 1 fully saturated rings. The minimum atomic E-state index is -0.755. The Kier molecular flexibility index (Phi) is 3.45. The first kappa shape index (κ1) is 12.1. The number of carboxylic acid groups (broad SMARTS) is 1. The van der Waals surface area contributed by atoms with Gasteiger partial charge in [0.05, 0.1) is 12.5 Å². The van der Waals surface area contributed by atoms with Crippen molar-refractivity contribution in [3.05, 3.63) is 35.9 Å². The summed E-state index contributed by atoms with van der Waals surface area (Å²) in [7, 11) is 1.55. The van der Waals surface area contributed by atoms with E-state index in [1.807, 2.05) is 30.3 Å². The predicted octanol–water partition coefficient (Wildman–Crippen LogP) is 1.65. The standard InChI is InChI=1S/C13H16O4/c1-16-9-17-8-13(7-11(13)12(14)15)10-5-3-2-4-6-10/h2-6,11H,7-9H2,1H3,(H,14,15)/t11-,13+/m0/s1. The summed E-state index contributed by atoms with van der Waals surface area (Å²) in [5, 5.41) is 9.12. The van der Waals surface area contributed by atoms with Gasteiger partial charge in [-0.2, -0.15) is 0 Å². The Balaban J connectivity index is 2.13. The summed E-state index contributed by atoms with van der Waals surface area (Å²) in [6.07, 6.45) is 0.635. The topological polar surface area (TPSA) is 55.8 Å². The highest BCUT2D eigenvalue weighted by molar-refractivity contribution is 5.77. The van der Waals surface area contributed by atoms with Crippen molar-refractivity contribution < 1.29 is 19.4 Å². The van der Waals surface area contributed by atoms with E-state index in [4.69, 9.17) is 14.6 Å². The Morgan fingerprint density at radius 3 is 2.71 bits per heavy atom. The van der Waals surface area contributed by atoms with Crippen LogP contribution in [0, 0.1) is 5.92 Å². The van der Waals surface area contributed by atoms with E-state index in [1.54, 1.807) is 7.11 Å². The van der Waals surface area contributed by atoms with Crippen LogP contribution in [0.25, 0.3) is 0 Å². The second kappa shape index (κ2) is 4.85. The van der Waals surface area contributed by atoms with E-state index in [9.17, 15) is 4.79 Å². The lowest BCUT2D eigenvalue weighted by Crippen LogP contribution is -2.22. The van der Waals surface area contributed by atoms with Gasteiger partial charge in [-0.3, -0.25) is 4.79 Å². The number of aliphatic carboxylic acids is 1. The number of benzene rings is 1. The quantitative estimate of drug-likeness (QED) is 0.602. The van der Waals surface area contributed by atoms with Crippen LogP contribution in [0.1, 0.15) is 12.0 Å². The maximum absolute atomic E-state index is 11.1. The third-order valence-electron chi connectivity index (χ3n) is 3.28. The van der Waals surface area contributed by atoms with Crippen LogP contribution >= 0.6 is 0 Å². The molecule has 0 unspecified atom stereocenters. The van der Waals surface area contributed by atoms with Crippen molar-refractivity contribution >= 4 is 5.97 Å². The Bertz CT molecular complexity index is 390. The van der Waals surface area contributed by atoms with Crippen molar-refractivity contribution in [3.63, 3.8) is 0 Å². The first-order chi connectivity index (χ1) is 8.20. The molecule has 1 aliphatic carbocycles. The molecule has 0 bridgehead atoms. The van der Waals surface area contributed by atoms with Crippen LogP contribution in [-0.2, 0) is 19.7 Å². The lowest BCUT2D eigenvalue weighted by atomic mass is 9.94. The van der Waals surface area contributed by atoms with Crippen LogP contribution < -0.4 is 0 Å². The van der Waals surface area contributed by atoms with Crippen molar-refractivity contribution in [2.24, 2.45) is 5.92 Å². The molecule has 0 spiro atoms. The zero-order valence-corrected chi connectivity index (χ0v) is 9.76. The molecule has 2 atom stereocenters. The summed E-state index contributed by atoms with van der Waals surface area (Å²) in [5.74, 6) is -1.10. The molecule has 1 aromatic carbocycles. The molecule has 0 saturated heterocycles. The molecule has 4 nitrogen and oxygen atoms in total. The Labute approximate surface area is 100 Å². The molecule has 0 amide bonds. The molecule has 1 aromatic rings. The maximum Gasteiger partial charge on any atom is 0.307 e. The van der Waals surface area contributed by atoms with Crippen LogP contribution in [0.5, 0.6) is 0 Å². The second-order valence-corrected chi connectivity index (χ2v) is 4.37. The summed E-state index contributed by atoms with van der Waals surface area (Å²) in [5.41, 5.74) is 0.662. The van der Waals surface area contributed by atoms with E-state index in [2.05, 4.69) is 0 Å². The molecule has 1 N–H and O–H groups in total. The molecular weight excluding hydrogens is 220 g/mol. The van der Waals surface area contributed by atoms with Crippen molar-refractivity contribution in [2.75, 3.05) is 20.5 Å². The summed E-state index contributed by atoms with van der Waals surface area (Å²) in [6.45, 7) is 0.586. The lowest BCUT2D eigenvalue weighted by Gasteiger charge is -2.16. The average molecular weight is 236 g/mol. The lowest BCUT2D eigenvalue weighted by molar-refractivity contribution is -0.139. The summed E-state index contributed by atoms with van der Waals surface area (Å²) in [6, 6.07) is 9.68. The number of rotatable bonds is 6. The fourth-order valence-electron chi connectivity index (χ4n) is 2.27. The highest BCUT2D eigenvalue weighted by Crippen LogP contribution is 2.54. The zero-order valence-electron chi connectivity index (χ0n) is 9.76. The van der Waals surface area contributed by atoms with Gasteiger partial charge < -0.3 is 14.6 Å². The Morgan fingerprint density at radius 1 is 1.47 bits per heavy atom. The van der Waals surface area contributed by atoms with Gasteiger partial charge in [-0.15, -0.1) is 0 Å². The fraction of sp³-hybridized carbons (Fsp3) is 0.462. The van der Waals surface area contributed by atoms with Gasteiger partial charge in [0.1, 0.15) is 6.79 Å². The SMILES string of the molecule is COCOC[C@@]1(c2ccccc2)C[C@H]1C(=O)O. The van der Waals surface area contributed by atoms with Gasteiger partial charge >= 0.3 is 5.97 Å². The van der Waals surface area contributed by atoms with Crippen LogP contribution in [0.3, 0.4) is 0 Å². The van der Waals surface area contributed by atoms with Crippen LogP contribution in [-0.4, -0.2) is 31.6 Å². The van der Waals surface area contributed by atoms with E-state index in [-0.39, 0.29) is 18.1 Å². The number of carbonyl (C=O) groups is 1. The smallest absolute Gasteiger partial charge is 0.307 e. The second-order valence-electron chi connectivity index (χ2n) is 4.37. The van der Waals surface area contributed by atoms with Gasteiger partial charge in [0, 0.05) is 12.5 Å². The number of methoxy groups -OCH3 is 1. The van der Waals surface area contributed by atoms with E-state index < -0.39 is 5.97 Å². The molecule has 92 valence electrons. The van der Waals surface area contributed by atoms with Crippen LogP contribution in [0.15, 0.2) is 30.3 Å². The predicted molar refractivity (Wildman–Crippen MR) is 61.7 cm³/mol. The first-order valence-electron chi connectivity index (χ1n) is 5.56. The van der Waals surface area contributed by atoms with E-state index in [1.165, 1.54) is 0 Å². The Morgan fingerprint density at radius 2 is 2.18 bits per heavy atom. The largest absolute Gasteiger partial charge is 0.481 e. The van der Waals surface area contributed by atoms with E-state index in [0.717, 1.165) is 5.56 Å². The van der Waals surface area contributed by atoms with Gasteiger partial charge in [-0.05, 0) is 12.0 Å². The van der Waals surface area contributed by atoms with Gasteiger partial charge in [0.15, 0.2) is 0 Å². The number of carboxylic acids is 1. The van der Waals surface area contributed by atoms with Gasteiger partial charge in [-0.1, -0.05) is 30.3 Å². The van der Waals surface area contributed by atoms with Gasteiger partial charge in [0.25, 0.3) is 0 Å². The van der Waals surface area contributed by atoms with Crippen molar-refractivity contribution in [1.82, 2.24) is 0 Å². The number of hydrogen-bond donors (Lipinski definition) is 1. The van der Waals surface area contributed by atoms with Gasteiger partial charge in [0.2, 0.25) is 0 Å². The average Bonchev–Trinajstić information content (AvgIpc) is 3.07. The Hall–Kier alpha value is -1.39. The zero-order chi connectivity index (χ0) is 12.3. The minimum absolute atomic E-state index is 0.195. The third-order valence-corrected chi connectivity index (χ3v) is 3.28. The maximum atomic E-state index is 11.1. The number of ether oxygens (including phenoxy) is 2. The van der Waals surface area contributed by atoms with Crippen molar-refractivity contribution in [1.29, 1.82) is 0 Å². The summed E-state index contributed by atoms with van der Waals surface area (Å²) < 4.78 is 10.2. The minimum Gasteiger partial charge on any atom is -0.481 e. The van der Waals surface area contributed by atoms with Gasteiger partial charge in [-0.25, -0.2) is 0 Å². The molecule has 0 heterocycles. The molecule has 1 saturated carbocycles. The van der Waals surface area contributed by atoms with Crippen molar-refractivity contribution in [2.45, 2.75) is 11.8 Å². The number of hydrogen-bond acceptors (Lipinski definition) is 3. The highest BCUT2D eigenvalue weighted by atomic mass is 16.7. The molecule has 4 heteroatoms. The van der Waals surface area contributed by atoms with E-state index >= 15 is 0 Å². The normalized spacial score (nSPS) is 26.8. The highest BCUT2D eigenvalue weighted by Gasteiger charge is 2.59. The first-order valence-corrected chi connectivity index (χ1v) is 5.56. The van der Waals surface area contributed by atoms with Crippen LogP contribution in [0.2, 0.25) is 0 Å². The molecular formula is C13H16O4. The molecule has 0 radical (unpaired) electrons. The molecule has 0 aromatic heterocycles. The van der Waals surface area contributed by atoms with Crippen molar-refractivity contribution in [3.8, 4) is 0 Å². The monoisotopic (exact) mass is 236 g/mol. The molecule has 2 rings (SSSR count). The molecule has 0 aliphatic heterocycles.